The van der Waals surface area contributed by atoms with Gasteiger partial charge < -0.3 is 15.9 Å². The Morgan fingerprint density at radius 3 is 2.69 bits per heavy atom. The molecular formula is C20H23N3O3. The van der Waals surface area contributed by atoms with E-state index >= 15 is 0 Å². The Bertz CT molecular complexity index is 787. The zero-order valence-corrected chi connectivity index (χ0v) is 14.8. The van der Waals surface area contributed by atoms with E-state index in [9.17, 15) is 9.59 Å². The Labute approximate surface area is 153 Å². The monoisotopic (exact) mass is 353 g/mol. The molecule has 0 atom stereocenters. The molecule has 6 heteroatoms. The maximum absolute atomic E-state index is 12.3. The number of carbonyl (C=O) groups is 2. The normalized spacial score (nSPS) is 10.7. The second-order valence-corrected chi connectivity index (χ2v) is 5.71. The molecule has 2 aromatic rings. The second kappa shape index (κ2) is 9.98. The van der Waals surface area contributed by atoms with Crippen molar-refractivity contribution < 1.29 is 14.3 Å². The summed E-state index contributed by atoms with van der Waals surface area (Å²) >= 11 is 0. The topological polar surface area (TPSA) is 93.8 Å². The highest BCUT2D eigenvalue weighted by Gasteiger charge is 2.07. The quantitative estimate of drug-likeness (QED) is 0.330. The number of nitrogens with one attached hydrogen (secondary N) is 1. The number of carbonyl (C=O) groups excluding carboxylic acids is 2. The standard InChI is InChI=1S/C20H23N3O3/c1-2-26-19(24)10-9-15-5-3-6-16(11-15)13-22-20(25)18-8-4-7-17(12-18)14-23-21/h3-8,11-12,14H,2,9-10,13,21H2,1H3,(H,22,25). The van der Waals surface area contributed by atoms with Crippen LogP contribution in [0.2, 0.25) is 0 Å². The van der Waals surface area contributed by atoms with Crippen molar-refractivity contribution in [2.45, 2.75) is 26.3 Å². The van der Waals surface area contributed by atoms with Crippen LogP contribution in [0, 0.1) is 0 Å². The zero-order chi connectivity index (χ0) is 18.8. The van der Waals surface area contributed by atoms with Gasteiger partial charge >= 0.3 is 5.97 Å². The van der Waals surface area contributed by atoms with Gasteiger partial charge in [0.1, 0.15) is 0 Å². The van der Waals surface area contributed by atoms with Crippen LogP contribution in [-0.2, 0) is 22.5 Å². The van der Waals surface area contributed by atoms with Gasteiger partial charge in [-0.15, -0.1) is 0 Å². The van der Waals surface area contributed by atoms with Crippen molar-refractivity contribution in [2.24, 2.45) is 10.9 Å². The van der Waals surface area contributed by atoms with Gasteiger partial charge in [0.25, 0.3) is 5.91 Å². The molecule has 0 heterocycles. The Morgan fingerprint density at radius 1 is 1.15 bits per heavy atom. The summed E-state index contributed by atoms with van der Waals surface area (Å²) in [4.78, 5) is 23.7. The lowest BCUT2D eigenvalue weighted by Crippen LogP contribution is -2.23. The third-order valence-corrected chi connectivity index (χ3v) is 3.74. The molecule has 3 N–H and O–H groups in total. The maximum Gasteiger partial charge on any atom is 0.306 e. The molecule has 0 bridgehead atoms. The molecule has 2 aromatic carbocycles. The molecule has 1 amide bonds. The summed E-state index contributed by atoms with van der Waals surface area (Å²) in [6, 6.07) is 14.9. The van der Waals surface area contributed by atoms with Gasteiger partial charge in [-0.1, -0.05) is 36.4 Å². The highest BCUT2D eigenvalue weighted by molar-refractivity contribution is 5.96. The molecule has 0 unspecified atom stereocenters. The summed E-state index contributed by atoms with van der Waals surface area (Å²) in [5, 5.41) is 6.35. The van der Waals surface area contributed by atoms with Crippen LogP contribution in [0.3, 0.4) is 0 Å². The first-order valence-electron chi connectivity index (χ1n) is 8.47. The predicted molar refractivity (Wildman–Crippen MR) is 101 cm³/mol. The number of hydrogen-bond donors (Lipinski definition) is 2. The third kappa shape index (κ3) is 6.05. The molecule has 0 radical (unpaired) electrons. The van der Waals surface area contributed by atoms with Crippen LogP contribution in [0.1, 0.15) is 40.4 Å². The first-order valence-corrected chi connectivity index (χ1v) is 8.47. The van der Waals surface area contributed by atoms with E-state index in [2.05, 4.69) is 10.4 Å². The fraction of sp³-hybridized carbons (Fsp3) is 0.250. The van der Waals surface area contributed by atoms with E-state index < -0.39 is 0 Å². The Morgan fingerprint density at radius 2 is 1.92 bits per heavy atom. The lowest BCUT2D eigenvalue weighted by molar-refractivity contribution is -0.143. The van der Waals surface area contributed by atoms with Crippen molar-refractivity contribution >= 4 is 18.1 Å². The van der Waals surface area contributed by atoms with Gasteiger partial charge in [-0.3, -0.25) is 9.59 Å². The Balaban J connectivity index is 1.92. The van der Waals surface area contributed by atoms with Crippen LogP contribution >= 0.6 is 0 Å². The number of benzene rings is 2. The van der Waals surface area contributed by atoms with Gasteiger partial charge in [0.15, 0.2) is 0 Å². The third-order valence-electron chi connectivity index (χ3n) is 3.74. The first-order chi connectivity index (χ1) is 12.6. The number of hydrogen-bond acceptors (Lipinski definition) is 5. The molecule has 6 nitrogen and oxygen atoms in total. The van der Waals surface area contributed by atoms with Gasteiger partial charge in [0.2, 0.25) is 0 Å². The maximum atomic E-state index is 12.3. The van der Waals surface area contributed by atoms with E-state index in [-0.39, 0.29) is 11.9 Å². The van der Waals surface area contributed by atoms with Gasteiger partial charge in [0.05, 0.1) is 12.8 Å². The van der Waals surface area contributed by atoms with E-state index in [0.717, 1.165) is 16.7 Å². The van der Waals surface area contributed by atoms with Crippen molar-refractivity contribution in [1.29, 1.82) is 0 Å². The molecule has 0 spiro atoms. The number of nitrogens with two attached hydrogens (primary N) is 1. The van der Waals surface area contributed by atoms with Crippen LogP contribution in [0.25, 0.3) is 0 Å². The highest BCUT2D eigenvalue weighted by atomic mass is 16.5. The first kappa shape index (κ1) is 19.2. The minimum atomic E-state index is -0.202. The molecule has 0 aliphatic carbocycles. The summed E-state index contributed by atoms with van der Waals surface area (Å²) in [6.45, 7) is 2.59. The van der Waals surface area contributed by atoms with E-state index in [0.29, 0.717) is 31.6 Å². The minimum absolute atomic E-state index is 0.172. The number of nitrogens with zero attached hydrogens (tertiary/aromatic N) is 1. The summed E-state index contributed by atoms with van der Waals surface area (Å²) in [6.07, 6.45) is 2.45. The van der Waals surface area contributed by atoms with Gasteiger partial charge in [-0.25, -0.2) is 0 Å². The predicted octanol–water partition coefficient (Wildman–Crippen LogP) is 2.40. The highest BCUT2D eigenvalue weighted by Crippen LogP contribution is 2.09. The zero-order valence-electron chi connectivity index (χ0n) is 14.8. The van der Waals surface area contributed by atoms with E-state index in [4.69, 9.17) is 10.6 Å². The Kier molecular flexibility index (Phi) is 7.36. The van der Waals surface area contributed by atoms with Crippen LogP contribution in [-0.4, -0.2) is 24.7 Å². The summed E-state index contributed by atoms with van der Waals surface area (Å²) in [5.41, 5.74) is 3.31. The largest absolute Gasteiger partial charge is 0.466 e. The SMILES string of the molecule is CCOC(=O)CCc1cccc(CNC(=O)c2cccc(C=NN)c2)c1. The molecule has 2 rings (SSSR count). The molecule has 0 aliphatic rings. The van der Waals surface area contributed by atoms with Crippen LogP contribution in [0.15, 0.2) is 53.6 Å². The average molecular weight is 353 g/mol. The molecule has 0 saturated heterocycles. The van der Waals surface area contributed by atoms with Gasteiger partial charge in [0, 0.05) is 18.5 Å². The van der Waals surface area contributed by atoms with Crippen molar-refractivity contribution in [2.75, 3.05) is 6.61 Å². The minimum Gasteiger partial charge on any atom is -0.466 e. The molecular weight excluding hydrogens is 330 g/mol. The molecule has 0 fully saturated rings. The summed E-state index contributed by atoms with van der Waals surface area (Å²) in [7, 11) is 0. The van der Waals surface area contributed by atoms with Crippen molar-refractivity contribution in [3.63, 3.8) is 0 Å². The number of aryl methyl sites for hydroxylation is 1. The van der Waals surface area contributed by atoms with Crippen LogP contribution in [0.4, 0.5) is 0 Å². The summed E-state index contributed by atoms with van der Waals surface area (Å²) < 4.78 is 4.94. The molecule has 0 aliphatic heterocycles. The number of rotatable bonds is 8. The fourth-order valence-electron chi connectivity index (χ4n) is 2.51. The van der Waals surface area contributed by atoms with Crippen LogP contribution < -0.4 is 11.2 Å². The fourth-order valence-corrected chi connectivity index (χ4v) is 2.51. The molecule has 0 saturated carbocycles. The number of amides is 1. The van der Waals surface area contributed by atoms with Crippen molar-refractivity contribution in [3.8, 4) is 0 Å². The second-order valence-electron chi connectivity index (χ2n) is 5.71. The van der Waals surface area contributed by atoms with Crippen LogP contribution in [0.5, 0.6) is 0 Å². The summed E-state index contributed by atoms with van der Waals surface area (Å²) in [5.74, 6) is 4.76. The van der Waals surface area contributed by atoms with E-state index in [1.165, 1.54) is 6.21 Å². The van der Waals surface area contributed by atoms with E-state index in [1.54, 1.807) is 25.1 Å². The molecule has 0 aromatic heterocycles. The lowest BCUT2D eigenvalue weighted by Gasteiger charge is -2.08. The molecule has 136 valence electrons. The van der Waals surface area contributed by atoms with Gasteiger partial charge in [-0.2, -0.15) is 5.10 Å². The number of esters is 1. The number of hydrazone groups is 1. The van der Waals surface area contributed by atoms with Crippen molar-refractivity contribution in [1.82, 2.24) is 5.32 Å². The average Bonchev–Trinajstić information content (AvgIpc) is 2.65. The van der Waals surface area contributed by atoms with E-state index in [1.807, 2.05) is 30.3 Å². The number of ether oxygens (including phenoxy) is 1. The Hall–Kier alpha value is -3.15. The van der Waals surface area contributed by atoms with Gasteiger partial charge in [-0.05, 0) is 42.2 Å². The smallest absolute Gasteiger partial charge is 0.306 e. The van der Waals surface area contributed by atoms with Crippen molar-refractivity contribution in [3.05, 3.63) is 70.8 Å². The lowest BCUT2D eigenvalue weighted by atomic mass is 10.1. The molecule has 26 heavy (non-hydrogen) atoms.